The van der Waals surface area contributed by atoms with Gasteiger partial charge < -0.3 is 5.73 Å². The summed E-state index contributed by atoms with van der Waals surface area (Å²) in [6.45, 7) is 1.74. The zero-order valence-corrected chi connectivity index (χ0v) is 11.5. The minimum absolute atomic E-state index is 0.00826. The predicted octanol–water partition coefficient (Wildman–Crippen LogP) is 1.64. The molecule has 2 aromatic rings. The number of hydrogen-bond acceptors (Lipinski definition) is 5. The summed E-state index contributed by atoms with van der Waals surface area (Å²) < 4.78 is 27.0. The lowest BCUT2D eigenvalue weighted by atomic mass is 10.2. The lowest BCUT2D eigenvalue weighted by Gasteiger charge is -2.10. The number of nitriles is 1. The molecule has 0 aliphatic heterocycles. The summed E-state index contributed by atoms with van der Waals surface area (Å²) in [6, 6.07) is 9.31. The molecule has 1 aromatic heterocycles. The molecule has 1 aromatic carbocycles. The number of nitrogens with two attached hydrogens (primary N) is 1. The minimum Gasteiger partial charge on any atom is -0.399 e. The first-order chi connectivity index (χ1) is 9.44. The molecule has 0 fully saturated rings. The fraction of sp³-hybridized carbons (Fsp3) is 0.0769. The molecule has 6 nitrogen and oxygen atoms in total. The van der Waals surface area contributed by atoms with Gasteiger partial charge in [-0.1, -0.05) is 6.07 Å². The first kappa shape index (κ1) is 13.8. The summed E-state index contributed by atoms with van der Waals surface area (Å²) >= 11 is 0. The Morgan fingerprint density at radius 3 is 2.75 bits per heavy atom. The average molecular weight is 288 g/mol. The van der Waals surface area contributed by atoms with Crippen LogP contribution < -0.4 is 10.5 Å². The van der Waals surface area contributed by atoms with Crippen LogP contribution in [-0.4, -0.2) is 13.4 Å². The topological polar surface area (TPSA) is 109 Å². The van der Waals surface area contributed by atoms with Gasteiger partial charge >= 0.3 is 0 Å². The molecule has 0 atom stereocenters. The van der Waals surface area contributed by atoms with E-state index >= 15 is 0 Å². The van der Waals surface area contributed by atoms with Crippen LogP contribution in [0.4, 0.5) is 11.5 Å². The summed E-state index contributed by atoms with van der Waals surface area (Å²) in [5, 5.41) is 9.01. The fourth-order valence-corrected chi connectivity index (χ4v) is 2.86. The normalized spacial score (nSPS) is 10.8. The molecule has 0 saturated carbocycles. The third kappa shape index (κ3) is 2.70. The minimum atomic E-state index is -3.89. The zero-order chi connectivity index (χ0) is 14.8. The van der Waals surface area contributed by atoms with Crippen molar-refractivity contribution < 1.29 is 8.42 Å². The maximum Gasteiger partial charge on any atom is 0.264 e. The molecule has 0 bridgehead atoms. The number of hydrogen-bond donors (Lipinski definition) is 2. The van der Waals surface area contributed by atoms with Gasteiger partial charge in [-0.05, 0) is 36.8 Å². The monoisotopic (exact) mass is 288 g/mol. The highest BCUT2D eigenvalue weighted by atomic mass is 32.2. The van der Waals surface area contributed by atoms with Crippen molar-refractivity contribution in [3.8, 4) is 6.07 Å². The molecule has 0 amide bonds. The number of rotatable bonds is 3. The van der Waals surface area contributed by atoms with Crippen LogP contribution in [0.3, 0.4) is 0 Å². The van der Waals surface area contributed by atoms with Gasteiger partial charge in [0.1, 0.15) is 16.8 Å². The molecule has 7 heteroatoms. The number of sulfonamides is 1. The van der Waals surface area contributed by atoms with E-state index in [1.807, 2.05) is 6.07 Å². The molecule has 3 N–H and O–H groups in total. The van der Waals surface area contributed by atoms with Gasteiger partial charge in [-0.15, -0.1) is 0 Å². The maximum atomic E-state index is 12.3. The van der Waals surface area contributed by atoms with Crippen LogP contribution in [0.2, 0.25) is 0 Å². The smallest absolute Gasteiger partial charge is 0.264 e. The van der Waals surface area contributed by atoms with Gasteiger partial charge in [0.05, 0.1) is 5.56 Å². The highest BCUT2D eigenvalue weighted by molar-refractivity contribution is 7.92. The van der Waals surface area contributed by atoms with Gasteiger partial charge in [0.2, 0.25) is 0 Å². The summed E-state index contributed by atoms with van der Waals surface area (Å²) in [6.07, 6.45) is 1.49. The van der Waals surface area contributed by atoms with Crippen molar-refractivity contribution >= 4 is 21.5 Å². The van der Waals surface area contributed by atoms with Crippen LogP contribution in [0, 0.1) is 18.3 Å². The van der Waals surface area contributed by atoms with Crippen molar-refractivity contribution in [2.24, 2.45) is 0 Å². The van der Waals surface area contributed by atoms with Gasteiger partial charge in [-0.2, -0.15) is 5.26 Å². The fourth-order valence-electron chi connectivity index (χ4n) is 1.64. The second-order valence-corrected chi connectivity index (χ2v) is 5.79. The average Bonchev–Trinajstić information content (AvgIpc) is 2.40. The Balaban J connectivity index is 2.47. The van der Waals surface area contributed by atoms with E-state index in [1.54, 1.807) is 19.1 Å². The molecule has 1 heterocycles. The van der Waals surface area contributed by atoms with Crippen LogP contribution in [0.5, 0.6) is 0 Å². The second-order valence-electron chi connectivity index (χ2n) is 4.14. The van der Waals surface area contributed by atoms with Crippen molar-refractivity contribution in [2.45, 2.75) is 11.8 Å². The molecule has 0 spiro atoms. The van der Waals surface area contributed by atoms with Crippen molar-refractivity contribution in [3.05, 3.63) is 47.7 Å². The number of aryl methyl sites for hydroxylation is 1. The van der Waals surface area contributed by atoms with Gasteiger partial charge in [-0.3, -0.25) is 4.72 Å². The van der Waals surface area contributed by atoms with Crippen LogP contribution in [0.15, 0.2) is 41.4 Å². The first-order valence-corrected chi connectivity index (χ1v) is 7.16. The van der Waals surface area contributed by atoms with Crippen molar-refractivity contribution in [3.63, 3.8) is 0 Å². The molecule has 0 aliphatic rings. The quantitative estimate of drug-likeness (QED) is 0.834. The number of nitrogens with zero attached hydrogens (tertiary/aromatic N) is 2. The maximum absolute atomic E-state index is 12.3. The van der Waals surface area contributed by atoms with Crippen LogP contribution >= 0.6 is 0 Å². The first-order valence-electron chi connectivity index (χ1n) is 5.68. The van der Waals surface area contributed by atoms with Crippen molar-refractivity contribution in [1.82, 2.24) is 4.98 Å². The number of pyridine rings is 1. The summed E-state index contributed by atoms with van der Waals surface area (Å²) in [5.41, 5.74) is 6.55. The number of anilines is 2. The van der Waals surface area contributed by atoms with Crippen molar-refractivity contribution in [1.29, 1.82) is 5.26 Å². The summed E-state index contributed by atoms with van der Waals surface area (Å²) in [7, 11) is -3.89. The summed E-state index contributed by atoms with van der Waals surface area (Å²) in [5.74, 6) is 0.230. The van der Waals surface area contributed by atoms with E-state index in [0.717, 1.165) is 0 Å². The van der Waals surface area contributed by atoms with E-state index in [4.69, 9.17) is 11.0 Å². The Kier molecular flexibility index (Phi) is 3.59. The van der Waals surface area contributed by atoms with Gasteiger partial charge in [0.15, 0.2) is 0 Å². The lowest BCUT2D eigenvalue weighted by Crippen LogP contribution is -2.16. The molecule has 2 rings (SSSR count). The van der Waals surface area contributed by atoms with Gasteiger partial charge in [0.25, 0.3) is 10.0 Å². The Labute approximate surface area is 116 Å². The third-order valence-electron chi connectivity index (χ3n) is 2.65. The standard InChI is InChI=1S/C13H12N4O2S/c1-9-3-2-6-16-13(9)17-20(18,19)12-5-4-11(15)7-10(12)8-14/h2-7H,15H2,1H3,(H,16,17). The molecule has 0 unspecified atom stereocenters. The number of aromatic nitrogens is 1. The van der Waals surface area contributed by atoms with Gasteiger partial charge in [0, 0.05) is 11.9 Å². The largest absolute Gasteiger partial charge is 0.399 e. The molecule has 20 heavy (non-hydrogen) atoms. The van der Waals surface area contributed by atoms with E-state index in [9.17, 15) is 8.42 Å². The highest BCUT2D eigenvalue weighted by Crippen LogP contribution is 2.21. The number of nitrogen functional groups attached to an aromatic ring is 1. The van der Waals surface area contributed by atoms with Gasteiger partial charge in [-0.25, -0.2) is 13.4 Å². The van der Waals surface area contributed by atoms with Crippen LogP contribution in [0.1, 0.15) is 11.1 Å². The highest BCUT2D eigenvalue weighted by Gasteiger charge is 2.20. The molecular formula is C13H12N4O2S. The van der Waals surface area contributed by atoms with E-state index in [2.05, 4.69) is 9.71 Å². The molecule has 0 saturated heterocycles. The van der Waals surface area contributed by atoms with Crippen LogP contribution in [0.25, 0.3) is 0 Å². The molecule has 102 valence electrons. The Hall–Kier alpha value is -2.59. The van der Waals surface area contributed by atoms with E-state index in [1.165, 1.54) is 24.4 Å². The predicted molar refractivity (Wildman–Crippen MR) is 75.4 cm³/mol. The summed E-state index contributed by atoms with van der Waals surface area (Å²) in [4.78, 5) is 3.84. The molecular weight excluding hydrogens is 276 g/mol. The van der Waals surface area contributed by atoms with Crippen LogP contribution in [-0.2, 0) is 10.0 Å². The second kappa shape index (κ2) is 5.19. The Bertz CT molecular complexity index is 794. The lowest BCUT2D eigenvalue weighted by molar-refractivity contribution is 0.600. The number of nitrogens with one attached hydrogen (secondary N) is 1. The molecule has 0 aliphatic carbocycles. The van der Waals surface area contributed by atoms with E-state index in [-0.39, 0.29) is 16.3 Å². The Morgan fingerprint density at radius 2 is 2.10 bits per heavy atom. The number of benzene rings is 1. The van der Waals surface area contributed by atoms with E-state index in [0.29, 0.717) is 11.3 Å². The zero-order valence-electron chi connectivity index (χ0n) is 10.7. The van der Waals surface area contributed by atoms with Crippen molar-refractivity contribution in [2.75, 3.05) is 10.5 Å². The van der Waals surface area contributed by atoms with E-state index < -0.39 is 10.0 Å². The SMILES string of the molecule is Cc1cccnc1NS(=O)(=O)c1ccc(N)cc1C#N. The Morgan fingerprint density at radius 1 is 1.35 bits per heavy atom. The third-order valence-corrected chi connectivity index (χ3v) is 4.05. The molecule has 0 radical (unpaired) electrons.